The van der Waals surface area contributed by atoms with Gasteiger partial charge < -0.3 is 10.6 Å². The summed E-state index contributed by atoms with van der Waals surface area (Å²) in [6, 6.07) is 6.88. The van der Waals surface area contributed by atoms with Crippen LogP contribution < -0.4 is 5.73 Å². The number of hydrogen-bond acceptors (Lipinski definition) is 2. The molecule has 1 fully saturated rings. The molecule has 1 aliphatic carbocycles. The fourth-order valence-electron chi connectivity index (χ4n) is 1.88. The van der Waals surface area contributed by atoms with Gasteiger partial charge in [0.15, 0.2) is 0 Å². The van der Waals surface area contributed by atoms with Crippen molar-refractivity contribution < 1.29 is 9.18 Å². The van der Waals surface area contributed by atoms with Gasteiger partial charge >= 0.3 is 0 Å². The van der Waals surface area contributed by atoms with Gasteiger partial charge in [-0.05, 0) is 18.9 Å². The number of rotatable bonds is 5. The van der Waals surface area contributed by atoms with E-state index in [0.717, 1.165) is 12.8 Å². The molecule has 1 aromatic rings. The van der Waals surface area contributed by atoms with Gasteiger partial charge in [-0.2, -0.15) is 0 Å². The smallest absolute Gasteiger partial charge is 0.224 e. The van der Waals surface area contributed by atoms with Gasteiger partial charge in [0.05, 0.1) is 0 Å². The summed E-state index contributed by atoms with van der Waals surface area (Å²) >= 11 is 0. The molecule has 0 heterocycles. The van der Waals surface area contributed by atoms with Gasteiger partial charge in [-0.3, -0.25) is 4.79 Å². The Labute approximate surface area is 100 Å². The third-order valence-corrected chi connectivity index (χ3v) is 2.96. The van der Waals surface area contributed by atoms with Gasteiger partial charge in [0.2, 0.25) is 5.91 Å². The summed E-state index contributed by atoms with van der Waals surface area (Å²) in [4.78, 5) is 13.6. The molecule has 1 aliphatic rings. The summed E-state index contributed by atoms with van der Waals surface area (Å²) in [6.45, 7) is 0.704. The fraction of sp³-hybridized carbons (Fsp3) is 0.462. The van der Waals surface area contributed by atoms with Crippen LogP contribution in [0.15, 0.2) is 24.3 Å². The van der Waals surface area contributed by atoms with E-state index in [1.54, 1.807) is 23.1 Å². The number of amides is 1. The number of nitrogens with two attached hydrogens (primary N) is 1. The highest BCUT2D eigenvalue weighted by Gasteiger charge is 2.32. The van der Waals surface area contributed by atoms with Gasteiger partial charge in [0, 0.05) is 31.1 Å². The first-order valence-electron chi connectivity index (χ1n) is 5.95. The van der Waals surface area contributed by atoms with Crippen molar-refractivity contribution in [3.63, 3.8) is 0 Å². The topological polar surface area (TPSA) is 46.3 Å². The second-order valence-corrected chi connectivity index (χ2v) is 4.38. The molecule has 92 valence electrons. The molecule has 1 aromatic carbocycles. The predicted octanol–water partition coefficient (Wildman–Crippen LogP) is 1.67. The molecule has 0 spiro atoms. The molecule has 0 bridgehead atoms. The Morgan fingerprint density at radius 3 is 2.71 bits per heavy atom. The second-order valence-electron chi connectivity index (χ2n) is 4.38. The van der Waals surface area contributed by atoms with E-state index in [4.69, 9.17) is 5.73 Å². The van der Waals surface area contributed by atoms with Crippen molar-refractivity contribution in [3.8, 4) is 0 Å². The van der Waals surface area contributed by atoms with Crippen LogP contribution in [0.25, 0.3) is 0 Å². The lowest BCUT2D eigenvalue weighted by molar-refractivity contribution is -0.132. The molecule has 4 heteroatoms. The number of nitrogens with zero attached hydrogens (tertiary/aromatic N) is 1. The van der Waals surface area contributed by atoms with Crippen molar-refractivity contribution in [1.82, 2.24) is 4.90 Å². The van der Waals surface area contributed by atoms with E-state index in [-0.39, 0.29) is 17.8 Å². The Hall–Kier alpha value is -1.42. The van der Waals surface area contributed by atoms with E-state index in [1.807, 2.05) is 0 Å². The summed E-state index contributed by atoms with van der Waals surface area (Å²) in [5.74, 6) is -0.225. The average molecular weight is 236 g/mol. The molecule has 0 atom stereocenters. The fourth-order valence-corrected chi connectivity index (χ4v) is 1.88. The van der Waals surface area contributed by atoms with E-state index in [0.29, 0.717) is 25.1 Å². The largest absolute Gasteiger partial charge is 0.335 e. The van der Waals surface area contributed by atoms with Crippen LogP contribution in [-0.4, -0.2) is 23.4 Å². The Morgan fingerprint density at radius 1 is 1.41 bits per heavy atom. The van der Waals surface area contributed by atoms with Crippen molar-refractivity contribution in [2.24, 2.45) is 5.73 Å². The van der Waals surface area contributed by atoms with Crippen LogP contribution in [-0.2, 0) is 11.3 Å². The van der Waals surface area contributed by atoms with Crippen molar-refractivity contribution in [1.29, 1.82) is 0 Å². The molecule has 0 saturated heterocycles. The van der Waals surface area contributed by atoms with Gasteiger partial charge in [-0.15, -0.1) is 0 Å². The van der Waals surface area contributed by atoms with Crippen LogP contribution in [0.1, 0.15) is 24.8 Å². The van der Waals surface area contributed by atoms with Crippen LogP contribution in [0.3, 0.4) is 0 Å². The lowest BCUT2D eigenvalue weighted by Crippen LogP contribution is -2.34. The van der Waals surface area contributed by atoms with Gasteiger partial charge in [0.1, 0.15) is 5.82 Å². The maximum Gasteiger partial charge on any atom is 0.224 e. The maximum absolute atomic E-state index is 13.5. The first-order chi connectivity index (χ1) is 8.22. The molecule has 1 saturated carbocycles. The molecule has 0 unspecified atom stereocenters. The summed E-state index contributed by atoms with van der Waals surface area (Å²) in [5.41, 5.74) is 5.96. The van der Waals surface area contributed by atoms with Crippen molar-refractivity contribution in [2.75, 3.05) is 6.54 Å². The number of benzene rings is 1. The Balaban J connectivity index is 2.08. The third-order valence-electron chi connectivity index (χ3n) is 2.96. The lowest BCUT2D eigenvalue weighted by atomic mass is 10.2. The van der Waals surface area contributed by atoms with Crippen molar-refractivity contribution >= 4 is 5.91 Å². The maximum atomic E-state index is 13.5. The zero-order chi connectivity index (χ0) is 12.3. The van der Waals surface area contributed by atoms with E-state index in [9.17, 15) is 9.18 Å². The minimum absolute atomic E-state index is 0.0262. The second kappa shape index (κ2) is 5.27. The summed E-state index contributed by atoms with van der Waals surface area (Å²) in [5, 5.41) is 0. The number of carbonyl (C=O) groups excluding carboxylic acids is 1. The number of hydrogen-bond donors (Lipinski definition) is 1. The molecular formula is C13H17FN2O. The molecule has 2 rings (SSSR count). The van der Waals surface area contributed by atoms with Gasteiger partial charge in [-0.1, -0.05) is 18.2 Å². The van der Waals surface area contributed by atoms with Gasteiger partial charge in [0.25, 0.3) is 0 Å². The molecule has 0 radical (unpaired) electrons. The minimum atomic E-state index is -0.251. The Bertz CT molecular complexity index is 404. The van der Waals surface area contributed by atoms with E-state index >= 15 is 0 Å². The average Bonchev–Trinajstić information content (AvgIpc) is 3.12. The first-order valence-corrected chi connectivity index (χ1v) is 5.95. The standard InChI is InChI=1S/C13H17FN2O/c14-12-4-2-1-3-10(12)9-16(11-5-6-11)13(17)7-8-15/h1-4,11H,5-9,15H2. The predicted molar refractivity (Wildman–Crippen MR) is 63.6 cm³/mol. The summed E-state index contributed by atoms with van der Waals surface area (Å²) in [7, 11) is 0. The molecular weight excluding hydrogens is 219 g/mol. The molecule has 1 amide bonds. The molecule has 17 heavy (non-hydrogen) atoms. The number of halogens is 1. The van der Waals surface area contributed by atoms with Crippen LogP contribution in [0.4, 0.5) is 4.39 Å². The lowest BCUT2D eigenvalue weighted by Gasteiger charge is -2.22. The highest BCUT2D eigenvalue weighted by molar-refractivity contribution is 5.77. The third kappa shape index (κ3) is 3.03. The van der Waals surface area contributed by atoms with Crippen LogP contribution in [0, 0.1) is 5.82 Å². The zero-order valence-electron chi connectivity index (χ0n) is 9.73. The van der Waals surface area contributed by atoms with Crippen LogP contribution >= 0.6 is 0 Å². The summed E-state index contributed by atoms with van der Waals surface area (Å²) in [6.07, 6.45) is 2.38. The Kier molecular flexibility index (Phi) is 3.74. The van der Waals surface area contributed by atoms with Crippen molar-refractivity contribution in [2.45, 2.75) is 31.8 Å². The highest BCUT2D eigenvalue weighted by Crippen LogP contribution is 2.29. The van der Waals surface area contributed by atoms with E-state index in [1.165, 1.54) is 6.07 Å². The molecule has 0 aromatic heterocycles. The van der Waals surface area contributed by atoms with E-state index in [2.05, 4.69) is 0 Å². The summed E-state index contributed by atoms with van der Waals surface area (Å²) < 4.78 is 13.5. The SMILES string of the molecule is NCCC(=O)N(Cc1ccccc1F)C1CC1. The molecule has 0 aliphatic heterocycles. The first kappa shape index (κ1) is 12.0. The Morgan fingerprint density at radius 2 is 2.12 bits per heavy atom. The van der Waals surface area contributed by atoms with Crippen LogP contribution in [0.5, 0.6) is 0 Å². The normalized spacial score (nSPS) is 14.7. The highest BCUT2D eigenvalue weighted by atomic mass is 19.1. The van der Waals surface area contributed by atoms with Gasteiger partial charge in [-0.25, -0.2) is 4.39 Å². The van der Waals surface area contributed by atoms with Crippen LogP contribution in [0.2, 0.25) is 0 Å². The quantitative estimate of drug-likeness (QED) is 0.845. The molecule has 2 N–H and O–H groups in total. The molecule has 3 nitrogen and oxygen atoms in total. The minimum Gasteiger partial charge on any atom is -0.335 e. The monoisotopic (exact) mass is 236 g/mol. The van der Waals surface area contributed by atoms with E-state index < -0.39 is 0 Å². The number of carbonyl (C=O) groups is 1. The van der Waals surface area contributed by atoms with Crippen molar-refractivity contribution in [3.05, 3.63) is 35.6 Å². The zero-order valence-corrected chi connectivity index (χ0v) is 9.73.